The van der Waals surface area contributed by atoms with Crippen molar-refractivity contribution in [1.29, 1.82) is 0 Å². The molecule has 1 aromatic carbocycles. The van der Waals surface area contributed by atoms with Gasteiger partial charge in [0, 0.05) is 13.2 Å². The first-order valence-electron chi connectivity index (χ1n) is 7.77. The van der Waals surface area contributed by atoms with Crippen LogP contribution in [0.3, 0.4) is 0 Å². The molecule has 3 nitrogen and oxygen atoms in total. The lowest BCUT2D eigenvalue weighted by atomic mass is 10.1. The molecule has 0 fully saturated rings. The molecule has 1 rings (SSSR count). The number of benzene rings is 1. The topological polar surface area (TPSA) is 44.5 Å². The molecule has 0 saturated carbocycles. The van der Waals surface area contributed by atoms with E-state index in [2.05, 4.69) is 6.92 Å². The minimum atomic E-state index is -0.00320. The molecule has 2 N–H and O–H groups in total. The van der Waals surface area contributed by atoms with E-state index in [-0.39, 0.29) is 6.10 Å². The highest BCUT2D eigenvalue weighted by Gasteiger charge is 2.09. The molecule has 0 spiro atoms. The molecule has 114 valence electrons. The first-order valence-corrected chi connectivity index (χ1v) is 7.77. The summed E-state index contributed by atoms with van der Waals surface area (Å²) in [6.45, 7) is 3.55. The summed E-state index contributed by atoms with van der Waals surface area (Å²) in [7, 11) is 1.67. The Balaban J connectivity index is 2.24. The Labute approximate surface area is 123 Å². The van der Waals surface area contributed by atoms with Gasteiger partial charge >= 0.3 is 0 Å². The van der Waals surface area contributed by atoms with Crippen molar-refractivity contribution in [2.75, 3.05) is 20.3 Å². The summed E-state index contributed by atoms with van der Waals surface area (Å²) in [5.41, 5.74) is 6.92. The molecule has 0 aliphatic carbocycles. The monoisotopic (exact) mass is 279 g/mol. The summed E-state index contributed by atoms with van der Waals surface area (Å²) in [6, 6.07) is 7.95. The van der Waals surface area contributed by atoms with Crippen molar-refractivity contribution < 1.29 is 9.47 Å². The lowest BCUT2D eigenvalue weighted by molar-refractivity contribution is 0.0557. The van der Waals surface area contributed by atoms with Crippen LogP contribution >= 0.6 is 0 Å². The Hall–Kier alpha value is -1.06. The van der Waals surface area contributed by atoms with E-state index in [4.69, 9.17) is 15.2 Å². The molecule has 0 bridgehead atoms. The number of hydrogen-bond acceptors (Lipinski definition) is 3. The van der Waals surface area contributed by atoms with Gasteiger partial charge in [-0.05, 0) is 24.1 Å². The molecular formula is C17H29NO2. The van der Waals surface area contributed by atoms with E-state index in [0.717, 1.165) is 24.3 Å². The van der Waals surface area contributed by atoms with Gasteiger partial charge in [-0.2, -0.15) is 0 Å². The van der Waals surface area contributed by atoms with Gasteiger partial charge in [0.25, 0.3) is 0 Å². The van der Waals surface area contributed by atoms with Crippen molar-refractivity contribution in [3.8, 4) is 5.75 Å². The average Bonchev–Trinajstić information content (AvgIpc) is 2.50. The first kappa shape index (κ1) is 17.0. The van der Waals surface area contributed by atoms with E-state index in [1.54, 1.807) is 7.11 Å². The first-order chi connectivity index (χ1) is 9.81. The van der Waals surface area contributed by atoms with Crippen LogP contribution in [0.4, 0.5) is 0 Å². The maximum Gasteiger partial charge on any atom is 0.118 e. The molecule has 1 unspecified atom stereocenters. The van der Waals surface area contributed by atoms with Crippen molar-refractivity contribution in [3.05, 3.63) is 29.8 Å². The van der Waals surface area contributed by atoms with Gasteiger partial charge in [-0.1, -0.05) is 51.2 Å². The lowest BCUT2D eigenvalue weighted by Gasteiger charge is -2.16. The van der Waals surface area contributed by atoms with Crippen LogP contribution in [0.25, 0.3) is 0 Å². The van der Waals surface area contributed by atoms with Gasteiger partial charge in [0.2, 0.25) is 0 Å². The van der Waals surface area contributed by atoms with Crippen LogP contribution in [0.1, 0.15) is 57.1 Å². The Morgan fingerprint density at radius 3 is 2.25 bits per heavy atom. The summed E-state index contributed by atoms with van der Waals surface area (Å²) in [4.78, 5) is 0. The Morgan fingerprint density at radius 1 is 1.00 bits per heavy atom. The Bertz CT molecular complexity index is 337. The highest BCUT2D eigenvalue weighted by molar-refractivity contribution is 5.28. The van der Waals surface area contributed by atoms with E-state index < -0.39 is 0 Å². The van der Waals surface area contributed by atoms with Gasteiger partial charge in [0.05, 0.1) is 13.2 Å². The molecular weight excluding hydrogens is 250 g/mol. The van der Waals surface area contributed by atoms with Crippen LogP contribution in [0.2, 0.25) is 0 Å². The SMILES string of the molecule is CCCCCCCCOC(CN)c1ccc(OC)cc1. The van der Waals surface area contributed by atoms with Crippen LogP contribution in [-0.4, -0.2) is 20.3 Å². The molecule has 0 amide bonds. The molecule has 0 aromatic heterocycles. The number of methoxy groups -OCH3 is 1. The predicted molar refractivity (Wildman–Crippen MR) is 84.1 cm³/mol. The number of rotatable bonds is 11. The second kappa shape index (κ2) is 10.7. The third-order valence-corrected chi connectivity index (χ3v) is 3.52. The van der Waals surface area contributed by atoms with E-state index in [9.17, 15) is 0 Å². The van der Waals surface area contributed by atoms with Crippen molar-refractivity contribution in [2.45, 2.75) is 51.6 Å². The van der Waals surface area contributed by atoms with Crippen LogP contribution in [-0.2, 0) is 4.74 Å². The van der Waals surface area contributed by atoms with E-state index in [1.807, 2.05) is 24.3 Å². The van der Waals surface area contributed by atoms with Gasteiger partial charge in [-0.15, -0.1) is 0 Å². The largest absolute Gasteiger partial charge is 0.497 e. The molecule has 0 radical (unpaired) electrons. The zero-order chi connectivity index (χ0) is 14.6. The number of hydrogen-bond donors (Lipinski definition) is 1. The van der Waals surface area contributed by atoms with Crippen molar-refractivity contribution >= 4 is 0 Å². The van der Waals surface area contributed by atoms with Gasteiger partial charge < -0.3 is 15.2 Å². The summed E-state index contributed by atoms with van der Waals surface area (Å²) in [6.07, 6.45) is 7.66. The number of unbranched alkanes of at least 4 members (excludes halogenated alkanes) is 5. The molecule has 1 atom stereocenters. The van der Waals surface area contributed by atoms with E-state index in [0.29, 0.717) is 6.54 Å². The third kappa shape index (κ3) is 6.40. The second-order valence-corrected chi connectivity index (χ2v) is 5.14. The minimum absolute atomic E-state index is 0.00320. The molecule has 0 aliphatic heterocycles. The summed E-state index contributed by atoms with van der Waals surface area (Å²) >= 11 is 0. The highest BCUT2D eigenvalue weighted by atomic mass is 16.5. The zero-order valence-corrected chi connectivity index (χ0v) is 12.9. The summed E-state index contributed by atoms with van der Waals surface area (Å²) in [5, 5.41) is 0. The van der Waals surface area contributed by atoms with Crippen LogP contribution < -0.4 is 10.5 Å². The standard InChI is InChI=1S/C17H29NO2/c1-3-4-5-6-7-8-13-20-17(14-18)15-9-11-16(19-2)12-10-15/h9-12,17H,3-8,13-14,18H2,1-2H3. The zero-order valence-electron chi connectivity index (χ0n) is 12.9. The third-order valence-electron chi connectivity index (χ3n) is 3.52. The average molecular weight is 279 g/mol. The van der Waals surface area contributed by atoms with Gasteiger partial charge in [0.15, 0.2) is 0 Å². The quantitative estimate of drug-likeness (QED) is 0.621. The fraction of sp³-hybridized carbons (Fsp3) is 0.647. The fourth-order valence-electron chi connectivity index (χ4n) is 2.23. The minimum Gasteiger partial charge on any atom is -0.497 e. The second-order valence-electron chi connectivity index (χ2n) is 5.14. The van der Waals surface area contributed by atoms with Gasteiger partial charge in [-0.25, -0.2) is 0 Å². The van der Waals surface area contributed by atoms with Crippen molar-refractivity contribution in [2.24, 2.45) is 5.73 Å². The lowest BCUT2D eigenvalue weighted by Crippen LogP contribution is -2.16. The number of ether oxygens (including phenoxy) is 2. The summed E-state index contributed by atoms with van der Waals surface area (Å²) in [5.74, 6) is 0.862. The van der Waals surface area contributed by atoms with E-state index in [1.165, 1.54) is 32.1 Å². The van der Waals surface area contributed by atoms with Crippen molar-refractivity contribution in [3.63, 3.8) is 0 Å². The molecule has 3 heteroatoms. The molecule has 0 aliphatic rings. The van der Waals surface area contributed by atoms with Crippen molar-refractivity contribution in [1.82, 2.24) is 0 Å². The van der Waals surface area contributed by atoms with Crippen LogP contribution in [0.5, 0.6) is 5.75 Å². The molecule has 0 saturated heterocycles. The van der Waals surface area contributed by atoms with E-state index >= 15 is 0 Å². The Morgan fingerprint density at radius 2 is 1.65 bits per heavy atom. The van der Waals surface area contributed by atoms with Crippen LogP contribution in [0.15, 0.2) is 24.3 Å². The van der Waals surface area contributed by atoms with Gasteiger partial charge in [0.1, 0.15) is 5.75 Å². The predicted octanol–water partition coefficient (Wildman–Crippen LogP) is 4.07. The number of nitrogens with two attached hydrogens (primary N) is 1. The van der Waals surface area contributed by atoms with Crippen LogP contribution in [0, 0.1) is 0 Å². The normalized spacial score (nSPS) is 12.3. The Kier molecular flexibility index (Phi) is 9.09. The fourth-order valence-corrected chi connectivity index (χ4v) is 2.23. The maximum atomic E-state index is 5.89. The highest BCUT2D eigenvalue weighted by Crippen LogP contribution is 2.20. The molecule has 0 heterocycles. The van der Waals surface area contributed by atoms with Gasteiger partial charge in [-0.3, -0.25) is 0 Å². The molecule has 1 aromatic rings. The smallest absolute Gasteiger partial charge is 0.118 e. The summed E-state index contributed by atoms with van der Waals surface area (Å²) < 4.78 is 11.0. The molecule has 20 heavy (non-hydrogen) atoms. The maximum absolute atomic E-state index is 5.89.